The molecule has 4 nitrogen and oxygen atoms in total. The van der Waals surface area contributed by atoms with Crippen LogP contribution in [0.4, 0.5) is 0 Å². The molecule has 0 spiro atoms. The summed E-state index contributed by atoms with van der Waals surface area (Å²) in [6, 6.07) is 6.94. The maximum Gasteiger partial charge on any atom is 0.198 e. The van der Waals surface area contributed by atoms with Crippen LogP contribution in [0, 0.1) is 11.3 Å². The van der Waals surface area contributed by atoms with Gasteiger partial charge in [-0.15, -0.1) is 0 Å². The number of rotatable bonds is 4. The number of hydrogen-bond donors (Lipinski definition) is 2. The summed E-state index contributed by atoms with van der Waals surface area (Å²) in [5.74, 6) is 0.0413. The maximum absolute atomic E-state index is 10.7. The van der Waals surface area contributed by atoms with Crippen LogP contribution < -0.4 is 10.7 Å². The van der Waals surface area contributed by atoms with Crippen LogP contribution in [0.2, 0.25) is 5.02 Å². The molecule has 0 aliphatic carbocycles. The molecular weight excluding hydrogens is 250 g/mol. The number of ketones is 1. The molecule has 0 radical (unpaired) electrons. The highest BCUT2D eigenvalue weighted by molar-refractivity contribution is 6.31. The zero-order chi connectivity index (χ0) is 13.5. The molecule has 0 saturated carbocycles. The van der Waals surface area contributed by atoms with Crippen molar-refractivity contribution >= 4 is 29.3 Å². The fourth-order valence-corrected chi connectivity index (χ4v) is 1.46. The summed E-state index contributed by atoms with van der Waals surface area (Å²) in [4.78, 5) is 13.5. The highest BCUT2D eigenvalue weighted by atomic mass is 35.5. The fourth-order valence-electron chi connectivity index (χ4n) is 1.23. The summed E-state index contributed by atoms with van der Waals surface area (Å²) >= 11 is 5.90. The number of nitrogens with two attached hydrogens (primary N) is 1. The number of carbonyl (C=O) groups is 1. The minimum Gasteiger partial charge on any atom is -0.398 e. The highest BCUT2D eigenvalue weighted by Gasteiger charge is 2.02. The van der Waals surface area contributed by atoms with E-state index in [2.05, 4.69) is 4.99 Å². The van der Waals surface area contributed by atoms with E-state index >= 15 is 0 Å². The summed E-state index contributed by atoms with van der Waals surface area (Å²) in [6.45, 7) is 1.76. The van der Waals surface area contributed by atoms with Gasteiger partial charge in [0.2, 0.25) is 0 Å². The van der Waals surface area contributed by atoms with Crippen molar-refractivity contribution in [2.75, 3.05) is 6.54 Å². The van der Waals surface area contributed by atoms with Crippen LogP contribution in [-0.4, -0.2) is 18.5 Å². The number of nitrogens with one attached hydrogen (secondary N) is 1. The average Bonchev–Trinajstić information content (AvgIpc) is 2.34. The van der Waals surface area contributed by atoms with Gasteiger partial charge in [-0.25, -0.2) is 4.99 Å². The van der Waals surface area contributed by atoms with Crippen LogP contribution >= 0.6 is 11.6 Å². The minimum atomic E-state index is 0.0413. The standard InChI is InChI=1S/C13H12ClN3O/c1-9(18)8-17-5-4-13(16)10-2-3-11(7-15)12(14)6-10/h2-6H,8,16H2,1H3/p+1/b13-4-,17-5?. The summed E-state index contributed by atoms with van der Waals surface area (Å²) in [7, 11) is 0. The Morgan fingerprint density at radius 3 is 2.89 bits per heavy atom. The molecule has 1 aromatic carbocycles. The van der Waals surface area contributed by atoms with Crippen LogP contribution in [0.15, 0.2) is 24.3 Å². The monoisotopic (exact) mass is 262 g/mol. The third-order valence-corrected chi connectivity index (χ3v) is 2.47. The SMILES string of the molecule is CC(=O)C[NH+]=C/C=C(\N)c1ccc(C#N)c(Cl)c1. The lowest BCUT2D eigenvalue weighted by Gasteiger charge is -2.01. The van der Waals surface area contributed by atoms with Gasteiger partial charge in [0.1, 0.15) is 6.07 Å². The van der Waals surface area contributed by atoms with E-state index in [-0.39, 0.29) is 12.3 Å². The van der Waals surface area contributed by atoms with Crippen LogP contribution in [0.5, 0.6) is 0 Å². The van der Waals surface area contributed by atoms with E-state index in [0.29, 0.717) is 16.3 Å². The number of benzene rings is 1. The van der Waals surface area contributed by atoms with Crippen LogP contribution in [0.25, 0.3) is 5.70 Å². The molecule has 0 aliphatic rings. The van der Waals surface area contributed by atoms with Crippen molar-refractivity contribution in [2.24, 2.45) is 5.73 Å². The first-order valence-corrected chi connectivity index (χ1v) is 5.64. The van der Waals surface area contributed by atoms with Crippen molar-refractivity contribution in [1.29, 1.82) is 5.26 Å². The molecule has 0 heterocycles. The molecule has 0 atom stereocenters. The van der Waals surface area contributed by atoms with Crippen molar-refractivity contribution in [3.05, 3.63) is 40.4 Å². The molecule has 92 valence electrons. The Bertz CT molecular complexity index is 556. The molecule has 0 fully saturated rings. The lowest BCUT2D eigenvalue weighted by Crippen LogP contribution is -2.70. The maximum atomic E-state index is 10.7. The van der Waals surface area contributed by atoms with Crippen LogP contribution in [-0.2, 0) is 4.79 Å². The normalized spacial score (nSPS) is 11.5. The van der Waals surface area contributed by atoms with Gasteiger partial charge in [0.05, 0.1) is 10.6 Å². The molecular formula is C13H13ClN3O+. The number of allylic oxidation sites excluding steroid dienone is 1. The van der Waals surface area contributed by atoms with E-state index in [1.54, 1.807) is 30.5 Å². The molecule has 0 unspecified atom stereocenters. The predicted octanol–water partition coefficient (Wildman–Crippen LogP) is 0.252. The summed E-state index contributed by atoms with van der Waals surface area (Å²) < 4.78 is 0. The first kappa shape index (κ1) is 13.9. The number of carbonyl (C=O) groups excluding carboxylic acids is 1. The predicted molar refractivity (Wildman–Crippen MR) is 70.9 cm³/mol. The van der Waals surface area contributed by atoms with Gasteiger partial charge in [-0.2, -0.15) is 5.26 Å². The van der Waals surface area contributed by atoms with Gasteiger partial charge in [-0.1, -0.05) is 17.7 Å². The number of nitriles is 1. The second-order valence-corrected chi connectivity index (χ2v) is 4.09. The number of halogens is 1. The molecule has 3 N–H and O–H groups in total. The van der Waals surface area contributed by atoms with E-state index in [1.165, 1.54) is 6.92 Å². The van der Waals surface area contributed by atoms with Crippen LogP contribution in [0.1, 0.15) is 18.1 Å². The summed E-state index contributed by atoms with van der Waals surface area (Å²) in [6.07, 6.45) is 3.24. The molecule has 0 aromatic heterocycles. The molecule has 5 heteroatoms. The molecule has 1 aromatic rings. The molecule has 0 saturated heterocycles. The van der Waals surface area contributed by atoms with E-state index in [4.69, 9.17) is 22.6 Å². The van der Waals surface area contributed by atoms with Gasteiger partial charge >= 0.3 is 0 Å². The Kier molecular flexibility index (Phi) is 5.09. The van der Waals surface area contributed by atoms with Crippen molar-refractivity contribution in [1.82, 2.24) is 0 Å². The van der Waals surface area contributed by atoms with E-state index in [0.717, 1.165) is 5.56 Å². The molecule has 0 bridgehead atoms. The highest BCUT2D eigenvalue weighted by Crippen LogP contribution is 2.19. The van der Waals surface area contributed by atoms with Gasteiger partial charge in [-0.3, -0.25) is 4.79 Å². The Balaban J connectivity index is 2.84. The third-order valence-electron chi connectivity index (χ3n) is 2.15. The Hall–Kier alpha value is -2.12. The Morgan fingerprint density at radius 1 is 1.61 bits per heavy atom. The first-order valence-electron chi connectivity index (χ1n) is 5.26. The molecule has 0 amide bonds. The molecule has 1 rings (SSSR count). The van der Waals surface area contributed by atoms with E-state index in [1.807, 2.05) is 6.07 Å². The van der Waals surface area contributed by atoms with Gasteiger partial charge in [-0.05, 0) is 17.7 Å². The lowest BCUT2D eigenvalue weighted by atomic mass is 10.1. The topological polar surface area (TPSA) is 80.8 Å². The van der Waals surface area contributed by atoms with E-state index < -0.39 is 0 Å². The van der Waals surface area contributed by atoms with Crippen molar-refractivity contribution in [3.8, 4) is 6.07 Å². The Morgan fingerprint density at radius 2 is 2.33 bits per heavy atom. The second kappa shape index (κ2) is 6.58. The van der Waals surface area contributed by atoms with Crippen molar-refractivity contribution < 1.29 is 9.79 Å². The zero-order valence-corrected chi connectivity index (χ0v) is 10.7. The number of hydrogen-bond acceptors (Lipinski definition) is 3. The van der Waals surface area contributed by atoms with Gasteiger partial charge in [0.25, 0.3) is 0 Å². The van der Waals surface area contributed by atoms with E-state index in [9.17, 15) is 4.79 Å². The van der Waals surface area contributed by atoms with Crippen LogP contribution in [0.3, 0.4) is 0 Å². The lowest BCUT2D eigenvalue weighted by molar-refractivity contribution is -0.437. The average molecular weight is 263 g/mol. The smallest absolute Gasteiger partial charge is 0.198 e. The molecule has 0 aliphatic heterocycles. The summed E-state index contributed by atoms with van der Waals surface area (Å²) in [5.41, 5.74) is 7.46. The van der Waals surface area contributed by atoms with Gasteiger partial charge < -0.3 is 5.73 Å². The zero-order valence-electron chi connectivity index (χ0n) is 9.90. The fraction of sp³-hybridized carbons (Fsp3) is 0.154. The number of Topliss-reactive ketones (excluding diaryl/α,β-unsaturated/α-hetero) is 1. The Labute approximate surface area is 110 Å². The second-order valence-electron chi connectivity index (χ2n) is 3.68. The largest absolute Gasteiger partial charge is 0.398 e. The first-order chi connectivity index (χ1) is 8.54. The number of nitrogens with zero attached hydrogens (tertiary/aromatic N) is 1. The quantitative estimate of drug-likeness (QED) is 0.764. The minimum absolute atomic E-state index is 0.0413. The summed E-state index contributed by atoms with van der Waals surface area (Å²) in [5, 5.41) is 9.11. The van der Waals surface area contributed by atoms with Gasteiger partial charge in [0.15, 0.2) is 18.5 Å². The van der Waals surface area contributed by atoms with Gasteiger partial charge in [0, 0.05) is 18.7 Å². The van der Waals surface area contributed by atoms with Crippen molar-refractivity contribution in [2.45, 2.75) is 6.92 Å². The third kappa shape index (κ3) is 4.04. The molecule has 18 heavy (non-hydrogen) atoms. The van der Waals surface area contributed by atoms with Crippen molar-refractivity contribution in [3.63, 3.8) is 0 Å².